The fourth-order valence-electron chi connectivity index (χ4n) is 6.05. The number of aryl methyl sites for hydroxylation is 1. The van der Waals surface area contributed by atoms with Crippen LogP contribution in [0.25, 0.3) is 5.82 Å². The predicted molar refractivity (Wildman–Crippen MR) is 122 cm³/mol. The van der Waals surface area contributed by atoms with Crippen LogP contribution >= 0.6 is 0 Å². The van der Waals surface area contributed by atoms with E-state index in [0.717, 1.165) is 37.7 Å². The van der Waals surface area contributed by atoms with Crippen LogP contribution in [0.4, 0.5) is 15.0 Å². The van der Waals surface area contributed by atoms with Crippen molar-refractivity contribution in [3.8, 4) is 5.82 Å². The van der Waals surface area contributed by atoms with Crippen LogP contribution in [0.2, 0.25) is 0 Å². The van der Waals surface area contributed by atoms with E-state index in [1.807, 2.05) is 23.6 Å². The number of amides is 2. The second-order valence-corrected chi connectivity index (χ2v) is 10.4. The van der Waals surface area contributed by atoms with Crippen LogP contribution in [-0.4, -0.2) is 72.2 Å². The molecule has 2 N–H and O–H groups in total. The number of hydrogen-bond donors (Lipinski definition) is 1. The molecule has 2 aromatic heterocycles. The molecule has 0 bridgehead atoms. The Kier molecular flexibility index (Phi) is 4.93. The number of halogens is 1. The predicted octanol–water partition coefficient (Wildman–Crippen LogP) is 2.81. The summed E-state index contributed by atoms with van der Waals surface area (Å²) in [6.45, 7) is 9.66. The van der Waals surface area contributed by atoms with Crippen molar-refractivity contribution in [2.45, 2.75) is 77.0 Å². The van der Waals surface area contributed by atoms with Crippen molar-refractivity contribution >= 4 is 11.8 Å². The summed E-state index contributed by atoms with van der Waals surface area (Å²) in [7, 11) is 2.19. The molecule has 1 saturated heterocycles. The lowest BCUT2D eigenvalue weighted by molar-refractivity contribution is -0.00756. The lowest BCUT2D eigenvalue weighted by Crippen LogP contribution is -2.66. The molecular weight excluding hydrogens is 423 g/mol. The highest BCUT2D eigenvalue weighted by Crippen LogP contribution is 2.44. The van der Waals surface area contributed by atoms with Crippen molar-refractivity contribution in [3.05, 3.63) is 29.1 Å². The molecule has 2 amide bonds. The van der Waals surface area contributed by atoms with Crippen molar-refractivity contribution in [2.75, 3.05) is 25.9 Å². The molecule has 0 aromatic carbocycles. The number of nitrogens with two attached hydrogens (primary N) is 1. The monoisotopic (exact) mass is 456 g/mol. The third-order valence-corrected chi connectivity index (χ3v) is 7.99. The van der Waals surface area contributed by atoms with Gasteiger partial charge >= 0.3 is 6.03 Å². The highest BCUT2D eigenvalue weighted by atomic mass is 19.1. The van der Waals surface area contributed by atoms with Gasteiger partial charge < -0.3 is 15.5 Å². The van der Waals surface area contributed by atoms with E-state index in [4.69, 9.17) is 5.73 Å². The number of nitrogens with zero attached hydrogens (tertiary/aromatic N) is 7. The van der Waals surface area contributed by atoms with E-state index >= 15 is 0 Å². The van der Waals surface area contributed by atoms with Gasteiger partial charge in [-0.15, -0.1) is 5.10 Å². The molecule has 0 unspecified atom stereocenters. The number of carbonyl (C=O) groups is 1. The number of urea groups is 1. The number of aromatic nitrogens is 4. The summed E-state index contributed by atoms with van der Waals surface area (Å²) in [6.07, 6.45) is 5.80. The fourth-order valence-corrected chi connectivity index (χ4v) is 6.05. The van der Waals surface area contributed by atoms with Crippen LogP contribution in [0.15, 0.2) is 6.20 Å². The molecule has 1 saturated carbocycles. The molecular formula is C23H33FN8O. The standard InChI is InChI=1S/C23H33FN8O/c1-14-11-29(5)23(8-6-7-9-23)13-30(14)21(33)31-12-16-18(22(31,3)4)32(28-19(16)25)20-17(24)10-26-15(2)27-20/h10,14H,6-9,11-13H2,1-5H3,(H2,25,28)/t14-/m0/s1. The van der Waals surface area contributed by atoms with Gasteiger partial charge in [-0.1, -0.05) is 12.8 Å². The summed E-state index contributed by atoms with van der Waals surface area (Å²) in [6, 6.07) is 0.0948. The minimum atomic E-state index is -0.742. The minimum Gasteiger partial charge on any atom is -0.382 e. The summed E-state index contributed by atoms with van der Waals surface area (Å²) in [4.78, 5) is 28.5. The highest BCUT2D eigenvalue weighted by molar-refractivity contribution is 5.78. The van der Waals surface area contributed by atoms with Crippen LogP contribution in [0.1, 0.15) is 63.5 Å². The topological polar surface area (TPSA) is 96.4 Å². The van der Waals surface area contributed by atoms with E-state index in [1.165, 1.54) is 17.5 Å². The number of likely N-dealkylation sites (N-methyl/N-ethyl adjacent to an activating group) is 1. The van der Waals surface area contributed by atoms with Crippen molar-refractivity contribution < 1.29 is 9.18 Å². The van der Waals surface area contributed by atoms with E-state index in [1.54, 1.807) is 6.92 Å². The zero-order valence-electron chi connectivity index (χ0n) is 20.1. The third kappa shape index (κ3) is 3.21. The summed E-state index contributed by atoms with van der Waals surface area (Å²) >= 11 is 0. The maximum Gasteiger partial charge on any atom is 0.321 e. The Labute approximate surface area is 193 Å². The summed E-state index contributed by atoms with van der Waals surface area (Å²) in [5, 5.41) is 4.40. The lowest BCUT2D eigenvalue weighted by Gasteiger charge is -2.52. The molecule has 178 valence electrons. The van der Waals surface area contributed by atoms with Crippen LogP contribution in [0.3, 0.4) is 0 Å². The van der Waals surface area contributed by atoms with Gasteiger partial charge in [0.15, 0.2) is 17.5 Å². The normalized spacial score (nSPS) is 24.0. The van der Waals surface area contributed by atoms with E-state index in [0.29, 0.717) is 23.9 Å². The van der Waals surface area contributed by atoms with Crippen molar-refractivity contribution in [2.24, 2.45) is 0 Å². The number of carbonyl (C=O) groups excluding carboxylic acids is 1. The molecule has 3 aliphatic rings. The Balaban J connectivity index is 1.50. The van der Waals surface area contributed by atoms with Gasteiger partial charge in [-0.2, -0.15) is 0 Å². The number of nitrogen functional groups attached to an aromatic ring is 1. The maximum atomic E-state index is 14.7. The Hall–Kier alpha value is -2.75. The molecule has 33 heavy (non-hydrogen) atoms. The Morgan fingerprint density at radius 3 is 2.67 bits per heavy atom. The van der Waals surface area contributed by atoms with Gasteiger partial charge in [0.1, 0.15) is 5.82 Å². The molecule has 1 atom stereocenters. The third-order valence-electron chi connectivity index (χ3n) is 7.99. The van der Waals surface area contributed by atoms with Crippen molar-refractivity contribution in [1.29, 1.82) is 0 Å². The highest BCUT2D eigenvalue weighted by Gasteiger charge is 2.51. The molecule has 0 radical (unpaired) electrons. The second kappa shape index (κ2) is 7.38. The largest absolute Gasteiger partial charge is 0.382 e. The van der Waals surface area contributed by atoms with Gasteiger partial charge in [-0.25, -0.2) is 23.8 Å². The van der Waals surface area contributed by atoms with Gasteiger partial charge in [0.05, 0.1) is 24.0 Å². The summed E-state index contributed by atoms with van der Waals surface area (Å²) in [5.41, 5.74) is 7.04. The first-order valence-electron chi connectivity index (χ1n) is 11.7. The smallest absolute Gasteiger partial charge is 0.321 e. The molecule has 1 spiro atoms. The maximum absolute atomic E-state index is 14.7. The SMILES string of the molecule is Cc1ncc(F)c(-n2nc(N)c3c2C(C)(C)N(C(=O)N2CC4(CCCC4)N(C)C[C@@H]2C)C3)n1. The molecule has 10 heteroatoms. The summed E-state index contributed by atoms with van der Waals surface area (Å²) < 4.78 is 16.1. The number of rotatable bonds is 1. The van der Waals surface area contributed by atoms with Crippen LogP contribution in [0, 0.1) is 12.7 Å². The van der Waals surface area contributed by atoms with Crippen LogP contribution < -0.4 is 5.73 Å². The van der Waals surface area contributed by atoms with E-state index in [2.05, 4.69) is 33.9 Å². The number of anilines is 1. The first kappa shape index (κ1) is 22.1. The number of fused-ring (bicyclic) bond motifs is 1. The average molecular weight is 457 g/mol. The van der Waals surface area contributed by atoms with Gasteiger partial charge in [-0.3, -0.25) is 4.90 Å². The zero-order chi connectivity index (χ0) is 23.7. The van der Waals surface area contributed by atoms with E-state index < -0.39 is 11.4 Å². The van der Waals surface area contributed by atoms with Crippen LogP contribution in [-0.2, 0) is 12.1 Å². The van der Waals surface area contributed by atoms with Gasteiger partial charge in [0, 0.05) is 30.2 Å². The molecule has 5 rings (SSSR count). The Bertz CT molecular complexity index is 1110. The van der Waals surface area contributed by atoms with E-state index in [9.17, 15) is 9.18 Å². The van der Waals surface area contributed by atoms with Gasteiger partial charge in [-0.05, 0) is 47.6 Å². The molecule has 2 fully saturated rings. The van der Waals surface area contributed by atoms with Gasteiger partial charge in [0.25, 0.3) is 0 Å². The quantitative estimate of drug-likeness (QED) is 0.709. The van der Waals surface area contributed by atoms with Gasteiger partial charge in [0.2, 0.25) is 0 Å². The number of hydrogen-bond acceptors (Lipinski definition) is 6. The molecule has 2 aliphatic heterocycles. The lowest BCUT2D eigenvalue weighted by atomic mass is 9.90. The van der Waals surface area contributed by atoms with Crippen LogP contribution in [0.5, 0.6) is 0 Å². The Morgan fingerprint density at radius 1 is 1.27 bits per heavy atom. The van der Waals surface area contributed by atoms with Crippen molar-refractivity contribution in [3.63, 3.8) is 0 Å². The van der Waals surface area contributed by atoms with Crippen molar-refractivity contribution in [1.82, 2.24) is 34.4 Å². The molecule has 9 nitrogen and oxygen atoms in total. The Morgan fingerprint density at radius 2 is 1.97 bits per heavy atom. The summed E-state index contributed by atoms with van der Waals surface area (Å²) in [5.74, 6) is 0.201. The fraction of sp³-hybridized carbons (Fsp3) is 0.652. The minimum absolute atomic E-state index is 0.00614. The molecule has 2 aromatic rings. The first-order chi connectivity index (χ1) is 15.5. The number of piperazine rings is 1. The second-order valence-electron chi connectivity index (χ2n) is 10.4. The van der Waals surface area contributed by atoms with E-state index in [-0.39, 0.29) is 23.4 Å². The first-order valence-corrected chi connectivity index (χ1v) is 11.7. The molecule has 1 aliphatic carbocycles. The molecule has 4 heterocycles. The zero-order valence-corrected chi connectivity index (χ0v) is 20.1. The average Bonchev–Trinajstić information content (AvgIpc) is 3.42.